The predicted molar refractivity (Wildman–Crippen MR) is 76.0 cm³/mol. The van der Waals surface area contributed by atoms with E-state index in [0.29, 0.717) is 17.2 Å². The first-order valence-electron chi connectivity index (χ1n) is 6.17. The van der Waals surface area contributed by atoms with Gasteiger partial charge in [-0.1, -0.05) is 31.8 Å². The first kappa shape index (κ1) is 15.1. The van der Waals surface area contributed by atoms with Crippen LogP contribution in [0, 0.1) is 17.7 Å². The van der Waals surface area contributed by atoms with Gasteiger partial charge in [0, 0.05) is 17.4 Å². The summed E-state index contributed by atoms with van der Waals surface area (Å²) in [7, 11) is 0. The molecule has 1 rings (SSSR count). The molecule has 0 saturated heterocycles. The van der Waals surface area contributed by atoms with Crippen molar-refractivity contribution in [1.82, 2.24) is 0 Å². The number of halogens is 1. The Kier molecular flexibility index (Phi) is 6.85. The van der Waals surface area contributed by atoms with Crippen molar-refractivity contribution in [2.24, 2.45) is 0 Å². The number of hydrogen-bond acceptors (Lipinski definition) is 2. The van der Waals surface area contributed by atoms with Gasteiger partial charge in [0.05, 0.1) is 12.2 Å². The van der Waals surface area contributed by atoms with Crippen molar-refractivity contribution in [3.05, 3.63) is 35.1 Å². The smallest absolute Gasteiger partial charge is 0.138 e. The van der Waals surface area contributed by atoms with Crippen molar-refractivity contribution in [2.75, 3.05) is 6.61 Å². The van der Waals surface area contributed by atoms with Gasteiger partial charge in [-0.2, -0.15) is 11.8 Å². The molecule has 0 heterocycles. The van der Waals surface area contributed by atoms with E-state index in [1.807, 2.05) is 17.8 Å². The Labute approximate surface area is 113 Å². The van der Waals surface area contributed by atoms with Crippen molar-refractivity contribution < 1.29 is 9.50 Å². The average molecular weight is 266 g/mol. The van der Waals surface area contributed by atoms with Crippen molar-refractivity contribution in [2.45, 2.75) is 37.7 Å². The topological polar surface area (TPSA) is 20.2 Å². The molecule has 0 aliphatic carbocycles. The minimum Gasteiger partial charge on any atom is -0.395 e. The molecular formula is C15H19FOS. The van der Waals surface area contributed by atoms with E-state index in [-0.39, 0.29) is 12.4 Å². The summed E-state index contributed by atoms with van der Waals surface area (Å²) in [5, 5.41) is 9.25. The summed E-state index contributed by atoms with van der Waals surface area (Å²) in [6, 6.07) is 5.08. The maximum absolute atomic E-state index is 13.5. The summed E-state index contributed by atoms with van der Waals surface area (Å²) in [5.41, 5.74) is 1.51. The van der Waals surface area contributed by atoms with Crippen molar-refractivity contribution >= 4 is 11.8 Å². The number of aliphatic hydroxyl groups is 1. The lowest BCUT2D eigenvalue weighted by Gasteiger charge is -2.08. The highest BCUT2D eigenvalue weighted by Gasteiger charge is 2.04. The van der Waals surface area contributed by atoms with Gasteiger partial charge in [0.1, 0.15) is 5.82 Å². The molecule has 1 nitrogen and oxygen atoms in total. The first-order chi connectivity index (χ1) is 8.67. The highest BCUT2D eigenvalue weighted by Crippen LogP contribution is 2.21. The van der Waals surface area contributed by atoms with Gasteiger partial charge < -0.3 is 5.11 Å². The molecule has 0 aliphatic rings. The highest BCUT2D eigenvalue weighted by molar-refractivity contribution is 7.99. The molecule has 0 aliphatic heterocycles. The minimum atomic E-state index is -0.294. The van der Waals surface area contributed by atoms with Gasteiger partial charge in [-0.3, -0.25) is 0 Å². The minimum absolute atomic E-state index is 0.0121. The van der Waals surface area contributed by atoms with Crippen LogP contribution in [-0.2, 0) is 5.75 Å². The van der Waals surface area contributed by atoms with E-state index in [4.69, 9.17) is 5.11 Å². The lowest BCUT2D eigenvalue weighted by molar-refractivity contribution is 0.305. The van der Waals surface area contributed by atoms with Gasteiger partial charge in [-0.25, -0.2) is 4.39 Å². The molecule has 18 heavy (non-hydrogen) atoms. The van der Waals surface area contributed by atoms with Gasteiger partial charge in [0.2, 0.25) is 0 Å². The van der Waals surface area contributed by atoms with Crippen LogP contribution in [0.3, 0.4) is 0 Å². The van der Waals surface area contributed by atoms with E-state index >= 15 is 0 Å². The summed E-state index contributed by atoms with van der Waals surface area (Å²) in [4.78, 5) is 0. The largest absolute Gasteiger partial charge is 0.395 e. The zero-order valence-electron chi connectivity index (χ0n) is 10.9. The molecule has 0 fully saturated rings. The van der Waals surface area contributed by atoms with Crippen LogP contribution in [0.15, 0.2) is 18.2 Å². The SMILES string of the molecule is CCC(C)SCc1ccc(F)c(C#CCCO)c1. The van der Waals surface area contributed by atoms with Gasteiger partial charge in [0.25, 0.3) is 0 Å². The van der Waals surface area contributed by atoms with E-state index in [2.05, 4.69) is 25.7 Å². The Bertz CT molecular complexity index is 434. The molecule has 1 unspecified atom stereocenters. The van der Waals surface area contributed by atoms with Crippen LogP contribution in [0.1, 0.15) is 37.8 Å². The molecular weight excluding hydrogens is 247 g/mol. The van der Waals surface area contributed by atoms with Crippen LogP contribution in [0.25, 0.3) is 0 Å². The Morgan fingerprint density at radius 2 is 2.22 bits per heavy atom. The molecule has 98 valence electrons. The Morgan fingerprint density at radius 3 is 2.89 bits per heavy atom. The van der Waals surface area contributed by atoms with Crippen molar-refractivity contribution in [3.8, 4) is 11.8 Å². The van der Waals surface area contributed by atoms with Crippen molar-refractivity contribution in [1.29, 1.82) is 0 Å². The fourth-order valence-electron chi connectivity index (χ4n) is 1.33. The predicted octanol–water partition coefficient (Wildman–Crippen LogP) is 3.59. The molecule has 1 aromatic rings. The normalized spacial score (nSPS) is 11.8. The van der Waals surface area contributed by atoms with E-state index in [0.717, 1.165) is 17.7 Å². The molecule has 0 saturated carbocycles. The van der Waals surface area contributed by atoms with Gasteiger partial charge in [0.15, 0.2) is 0 Å². The second-order valence-corrected chi connectivity index (χ2v) is 5.55. The number of benzene rings is 1. The molecule has 0 amide bonds. The third-order valence-electron chi connectivity index (χ3n) is 2.60. The third-order valence-corrected chi connectivity index (χ3v) is 4.00. The van der Waals surface area contributed by atoms with Crippen LogP contribution >= 0.6 is 11.8 Å². The second-order valence-electron chi connectivity index (χ2n) is 4.12. The first-order valence-corrected chi connectivity index (χ1v) is 7.22. The zero-order chi connectivity index (χ0) is 13.4. The quantitative estimate of drug-likeness (QED) is 0.822. The van der Waals surface area contributed by atoms with Crippen LogP contribution in [0.4, 0.5) is 4.39 Å². The average Bonchev–Trinajstić information content (AvgIpc) is 2.39. The Morgan fingerprint density at radius 1 is 1.44 bits per heavy atom. The van der Waals surface area contributed by atoms with Gasteiger partial charge >= 0.3 is 0 Å². The van der Waals surface area contributed by atoms with Crippen LogP contribution < -0.4 is 0 Å². The maximum Gasteiger partial charge on any atom is 0.138 e. The zero-order valence-corrected chi connectivity index (χ0v) is 11.7. The van der Waals surface area contributed by atoms with E-state index in [1.165, 1.54) is 6.07 Å². The third kappa shape index (κ3) is 5.12. The molecule has 0 bridgehead atoms. The van der Waals surface area contributed by atoms with Crippen molar-refractivity contribution in [3.63, 3.8) is 0 Å². The molecule has 3 heteroatoms. The summed E-state index contributed by atoms with van der Waals surface area (Å²) < 4.78 is 13.5. The number of rotatable bonds is 5. The van der Waals surface area contributed by atoms with E-state index < -0.39 is 0 Å². The fourth-order valence-corrected chi connectivity index (χ4v) is 2.22. The standard InChI is InChI=1S/C15H19FOS/c1-3-12(2)18-11-13-7-8-15(16)14(10-13)6-4-5-9-17/h7-8,10,12,17H,3,5,9,11H2,1-2H3. The summed E-state index contributed by atoms with van der Waals surface area (Å²) in [6.45, 7) is 4.36. The molecule has 0 radical (unpaired) electrons. The number of hydrogen-bond donors (Lipinski definition) is 1. The number of aliphatic hydroxyl groups excluding tert-OH is 1. The second kappa shape index (κ2) is 8.18. The van der Waals surface area contributed by atoms with Gasteiger partial charge in [-0.05, 0) is 24.1 Å². The fraction of sp³-hybridized carbons (Fsp3) is 0.467. The van der Waals surface area contributed by atoms with Crippen LogP contribution in [0.2, 0.25) is 0 Å². The van der Waals surface area contributed by atoms with E-state index in [1.54, 1.807) is 6.07 Å². The summed E-state index contributed by atoms with van der Waals surface area (Å²) in [5.74, 6) is 6.10. The molecule has 0 spiro atoms. The monoisotopic (exact) mass is 266 g/mol. The Balaban J connectivity index is 2.72. The number of thioether (sulfide) groups is 1. The Hall–Kier alpha value is -0.980. The van der Waals surface area contributed by atoms with Gasteiger partial charge in [-0.15, -0.1) is 0 Å². The van der Waals surface area contributed by atoms with Crippen LogP contribution in [-0.4, -0.2) is 17.0 Å². The lowest BCUT2D eigenvalue weighted by Crippen LogP contribution is -1.95. The highest BCUT2D eigenvalue weighted by atomic mass is 32.2. The van der Waals surface area contributed by atoms with Crippen LogP contribution in [0.5, 0.6) is 0 Å². The van der Waals surface area contributed by atoms with E-state index in [9.17, 15) is 4.39 Å². The maximum atomic E-state index is 13.5. The summed E-state index contributed by atoms with van der Waals surface area (Å²) in [6.07, 6.45) is 1.51. The molecule has 1 atom stereocenters. The lowest BCUT2D eigenvalue weighted by atomic mass is 10.1. The molecule has 0 aromatic heterocycles. The molecule has 1 aromatic carbocycles. The molecule has 1 N–H and O–H groups in total. The summed E-state index contributed by atoms with van der Waals surface area (Å²) >= 11 is 1.86.